The Morgan fingerprint density at radius 3 is 2.79 bits per heavy atom. The van der Waals surface area contributed by atoms with Crippen molar-refractivity contribution in [3.63, 3.8) is 0 Å². The third-order valence-corrected chi connectivity index (χ3v) is 5.50. The van der Waals surface area contributed by atoms with Crippen LogP contribution in [0.15, 0.2) is 5.38 Å². The van der Waals surface area contributed by atoms with Crippen molar-refractivity contribution in [2.45, 2.75) is 45.4 Å². The standard InChI is InChI=1S/C14H21ClN2OS/c1-3-14(4-2)5-6-17(10-14)13(18)7-12-16-11(8-15)9-19-12/h9H,3-8,10H2,1-2H3. The van der Waals surface area contributed by atoms with E-state index in [-0.39, 0.29) is 5.91 Å². The van der Waals surface area contributed by atoms with Crippen molar-refractivity contribution < 1.29 is 4.79 Å². The van der Waals surface area contributed by atoms with Crippen LogP contribution in [0.1, 0.15) is 43.8 Å². The van der Waals surface area contributed by atoms with Crippen molar-refractivity contribution in [1.82, 2.24) is 9.88 Å². The summed E-state index contributed by atoms with van der Waals surface area (Å²) in [6.07, 6.45) is 3.86. The normalized spacial score (nSPS) is 17.9. The molecular weight excluding hydrogens is 280 g/mol. The third-order valence-electron chi connectivity index (χ3n) is 4.33. The molecule has 1 saturated heterocycles. The minimum absolute atomic E-state index is 0.208. The molecule has 1 amide bonds. The number of hydrogen-bond donors (Lipinski definition) is 0. The second-order valence-corrected chi connectivity index (χ2v) is 6.53. The summed E-state index contributed by atoms with van der Waals surface area (Å²) in [6, 6.07) is 0. The second-order valence-electron chi connectivity index (χ2n) is 5.32. The van der Waals surface area contributed by atoms with E-state index in [9.17, 15) is 4.79 Å². The SMILES string of the molecule is CCC1(CC)CCN(C(=O)Cc2nc(CCl)cs2)C1. The predicted molar refractivity (Wildman–Crippen MR) is 79.6 cm³/mol. The number of nitrogens with zero attached hydrogens (tertiary/aromatic N) is 2. The molecule has 5 heteroatoms. The minimum Gasteiger partial charge on any atom is -0.342 e. The summed E-state index contributed by atoms with van der Waals surface area (Å²) in [6.45, 7) is 6.26. The largest absolute Gasteiger partial charge is 0.342 e. The number of aromatic nitrogens is 1. The lowest BCUT2D eigenvalue weighted by molar-refractivity contribution is -0.129. The van der Waals surface area contributed by atoms with Gasteiger partial charge in [-0.15, -0.1) is 22.9 Å². The minimum atomic E-state index is 0.208. The van der Waals surface area contributed by atoms with Gasteiger partial charge in [-0.3, -0.25) is 4.79 Å². The number of amides is 1. The fourth-order valence-corrected chi connectivity index (χ4v) is 3.72. The molecule has 0 bridgehead atoms. The Kier molecular flexibility index (Phi) is 4.85. The summed E-state index contributed by atoms with van der Waals surface area (Å²) in [5.41, 5.74) is 1.21. The van der Waals surface area contributed by atoms with Crippen molar-refractivity contribution in [2.24, 2.45) is 5.41 Å². The zero-order chi connectivity index (χ0) is 13.9. The van der Waals surface area contributed by atoms with Gasteiger partial charge < -0.3 is 4.90 Å². The van der Waals surface area contributed by atoms with Crippen LogP contribution in [0.25, 0.3) is 0 Å². The van der Waals surface area contributed by atoms with Gasteiger partial charge in [0.05, 0.1) is 18.0 Å². The molecular formula is C14H21ClN2OS. The number of likely N-dealkylation sites (tertiary alicyclic amines) is 1. The average molecular weight is 301 g/mol. The number of rotatable bonds is 5. The van der Waals surface area contributed by atoms with E-state index >= 15 is 0 Å². The fourth-order valence-electron chi connectivity index (χ4n) is 2.71. The Labute approximate surface area is 124 Å². The van der Waals surface area contributed by atoms with Crippen LogP contribution in [-0.4, -0.2) is 28.9 Å². The molecule has 1 aromatic rings. The average Bonchev–Trinajstić information content (AvgIpc) is 3.05. The molecule has 1 aromatic heterocycles. The zero-order valence-corrected chi connectivity index (χ0v) is 13.2. The molecule has 0 radical (unpaired) electrons. The van der Waals surface area contributed by atoms with Crippen LogP contribution < -0.4 is 0 Å². The van der Waals surface area contributed by atoms with Crippen LogP contribution >= 0.6 is 22.9 Å². The first-order valence-electron chi connectivity index (χ1n) is 6.89. The highest BCUT2D eigenvalue weighted by atomic mass is 35.5. The van der Waals surface area contributed by atoms with Crippen LogP contribution in [0.4, 0.5) is 0 Å². The van der Waals surface area contributed by atoms with Gasteiger partial charge in [-0.25, -0.2) is 4.98 Å². The van der Waals surface area contributed by atoms with E-state index in [2.05, 4.69) is 18.8 Å². The first-order valence-corrected chi connectivity index (χ1v) is 8.31. The van der Waals surface area contributed by atoms with E-state index in [1.54, 1.807) is 0 Å². The van der Waals surface area contributed by atoms with E-state index in [0.717, 1.165) is 43.1 Å². The molecule has 0 unspecified atom stereocenters. The fraction of sp³-hybridized carbons (Fsp3) is 0.714. The number of carbonyl (C=O) groups is 1. The Balaban J connectivity index is 1.94. The molecule has 106 valence electrons. The van der Waals surface area contributed by atoms with Gasteiger partial charge in [0, 0.05) is 18.5 Å². The van der Waals surface area contributed by atoms with Gasteiger partial charge in [0.15, 0.2) is 0 Å². The molecule has 0 saturated carbocycles. The Hall–Kier alpha value is -0.610. The number of hydrogen-bond acceptors (Lipinski definition) is 3. The first-order chi connectivity index (χ1) is 9.12. The molecule has 0 aliphatic carbocycles. The molecule has 2 heterocycles. The van der Waals surface area contributed by atoms with Crippen LogP contribution in [0.2, 0.25) is 0 Å². The number of carbonyl (C=O) groups excluding carboxylic acids is 1. The van der Waals surface area contributed by atoms with Gasteiger partial charge in [-0.05, 0) is 24.7 Å². The predicted octanol–water partition coefficient (Wildman–Crippen LogP) is 3.46. The molecule has 19 heavy (non-hydrogen) atoms. The van der Waals surface area contributed by atoms with E-state index < -0.39 is 0 Å². The van der Waals surface area contributed by atoms with Crippen molar-refractivity contribution >= 4 is 28.8 Å². The summed E-state index contributed by atoms with van der Waals surface area (Å²) in [7, 11) is 0. The Bertz CT molecular complexity index is 442. The maximum atomic E-state index is 12.3. The second kappa shape index (κ2) is 6.23. The van der Waals surface area contributed by atoms with Gasteiger partial charge in [0.2, 0.25) is 5.91 Å². The number of halogens is 1. The molecule has 1 aliphatic heterocycles. The van der Waals surface area contributed by atoms with E-state index in [0.29, 0.717) is 17.7 Å². The smallest absolute Gasteiger partial charge is 0.229 e. The van der Waals surface area contributed by atoms with Gasteiger partial charge in [0.1, 0.15) is 5.01 Å². The van der Waals surface area contributed by atoms with E-state index in [4.69, 9.17) is 11.6 Å². The van der Waals surface area contributed by atoms with Gasteiger partial charge >= 0.3 is 0 Å². The molecule has 0 aromatic carbocycles. The van der Waals surface area contributed by atoms with Crippen molar-refractivity contribution in [1.29, 1.82) is 0 Å². The van der Waals surface area contributed by atoms with Crippen LogP contribution in [-0.2, 0) is 17.1 Å². The van der Waals surface area contributed by atoms with Crippen molar-refractivity contribution in [3.8, 4) is 0 Å². The first kappa shape index (κ1) is 14.8. The highest BCUT2D eigenvalue weighted by Crippen LogP contribution is 2.37. The van der Waals surface area contributed by atoms with Crippen molar-refractivity contribution in [2.75, 3.05) is 13.1 Å². The monoisotopic (exact) mass is 300 g/mol. The van der Waals surface area contributed by atoms with Gasteiger partial charge in [0.25, 0.3) is 0 Å². The van der Waals surface area contributed by atoms with E-state index in [1.807, 2.05) is 10.3 Å². The Morgan fingerprint density at radius 1 is 1.53 bits per heavy atom. The summed E-state index contributed by atoms with van der Waals surface area (Å²) in [5, 5.41) is 2.81. The summed E-state index contributed by atoms with van der Waals surface area (Å²) < 4.78 is 0. The molecule has 1 aliphatic rings. The zero-order valence-electron chi connectivity index (χ0n) is 11.6. The summed E-state index contributed by atoms with van der Waals surface area (Å²) >= 11 is 7.26. The quantitative estimate of drug-likeness (QED) is 0.780. The topological polar surface area (TPSA) is 33.2 Å². The summed E-state index contributed by atoms with van der Waals surface area (Å²) in [5.74, 6) is 0.627. The third kappa shape index (κ3) is 3.29. The molecule has 0 N–H and O–H groups in total. The van der Waals surface area contributed by atoms with Crippen LogP contribution in [0, 0.1) is 5.41 Å². The maximum Gasteiger partial charge on any atom is 0.229 e. The van der Waals surface area contributed by atoms with Crippen LogP contribution in [0.3, 0.4) is 0 Å². The highest BCUT2D eigenvalue weighted by Gasteiger charge is 2.36. The maximum absolute atomic E-state index is 12.3. The van der Waals surface area contributed by atoms with E-state index in [1.165, 1.54) is 11.3 Å². The highest BCUT2D eigenvalue weighted by molar-refractivity contribution is 7.09. The lowest BCUT2D eigenvalue weighted by atomic mass is 9.82. The molecule has 0 spiro atoms. The molecule has 2 rings (SSSR count). The number of thiazole rings is 1. The van der Waals surface area contributed by atoms with Crippen LogP contribution in [0.5, 0.6) is 0 Å². The lowest BCUT2D eigenvalue weighted by Crippen LogP contribution is -2.32. The molecule has 0 atom stereocenters. The molecule has 1 fully saturated rings. The lowest BCUT2D eigenvalue weighted by Gasteiger charge is -2.26. The van der Waals surface area contributed by atoms with Gasteiger partial charge in [-0.2, -0.15) is 0 Å². The number of alkyl halides is 1. The van der Waals surface area contributed by atoms with Crippen molar-refractivity contribution in [3.05, 3.63) is 16.1 Å². The van der Waals surface area contributed by atoms with Gasteiger partial charge in [-0.1, -0.05) is 13.8 Å². The Morgan fingerprint density at radius 2 is 2.26 bits per heavy atom. The summed E-state index contributed by atoms with van der Waals surface area (Å²) in [4.78, 5) is 18.7. The molecule has 3 nitrogen and oxygen atoms in total.